The summed E-state index contributed by atoms with van der Waals surface area (Å²) in [6, 6.07) is 13.7. The molecule has 2 aromatic rings. The molecule has 1 aliphatic rings. The third-order valence-electron chi connectivity index (χ3n) is 5.47. The standard InChI is InChI=1S/C25H31ClO5/c1-3-5-6-25(28)30-16-24-22(27)13-14-23(31-24)18-9-12-21(26)20(15-18)17-7-10-19(11-8-17)29-4-2/h7-12,15,22-24,27H,3-6,13-14,16H2,1-2H3/t22-,23?,24-/m1/s1. The Labute approximate surface area is 189 Å². The highest BCUT2D eigenvalue weighted by atomic mass is 35.5. The van der Waals surface area contributed by atoms with E-state index >= 15 is 0 Å². The summed E-state index contributed by atoms with van der Waals surface area (Å²) in [6.45, 7) is 4.67. The number of esters is 1. The first kappa shape index (κ1) is 23.6. The van der Waals surface area contributed by atoms with E-state index in [0.717, 1.165) is 35.3 Å². The Morgan fingerprint density at radius 1 is 1.16 bits per heavy atom. The third-order valence-corrected chi connectivity index (χ3v) is 5.80. The summed E-state index contributed by atoms with van der Waals surface area (Å²) in [7, 11) is 0. The van der Waals surface area contributed by atoms with Crippen molar-refractivity contribution in [1.29, 1.82) is 0 Å². The van der Waals surface area contributed by atoms with E-state index in [-0.39, 0.29) is 18.7 Å². The number of benzene rings is 2. The minimum absolute atomic E-state index is 0.0690. The highest BCUT2D eigenvalue weighted by Crippen LogP contribution is 2.36. The second kappa shape index (κ2) is 11.5. The molecule has 0 saturated carbocycles. The van der Waals surface area contributed by atoms with Crippen molar-refractivity contribution in [1.82, 2.24) is 0 Å². The van der Waals surface area contributed by atoms with E-state index in [4.69, 9.17) is 25.8 Å². The van der Waals surface area contributed by atoms with Crippen molar-refractivity contribution in [3.63, 3.8) is 0 Å². The molecule has 3 rings (SSSR count). The molecule has 0 amide bonds. The third kappa shape index (κ3) is 6.45. The van der Waals surface area contributed by atoms with E-state index < -0.39 is 12.2 Å². The summed E-state index contributed by atoms with van der Waals surface area (Å²) in [5.74, 6) is 0.573. The molecule has 3 atom stereocenters. The molecule has 0 spiro atoms. The molecule has 5 nitrogen and oxygen atoms in total. The topological polar surface area (TPSA) is 65.0 Å². The van der Waals surface area contributed by atoms with Crippen LogP contribution in [0.1, 0.15) is 57.6 Å². The number of halogens is 1. The maximum atomic E-state index is 11.8. The zero-order chi connectivity index (χ0) is 22.2. The Kier molecular flexibility index (Phi) is 8.76. The first-order chi connectivity index (χ1) is 15.0. The van der Waals surface area contributed by atoms with Crippen LogP contribution in [0.3, 0.4) is 0 Å². The number of rotatable bonds is 9. The average Bonchev–Trinajstić information content (AvgIpc) is 2.78. The number of carbonyl (C=O) groups is 1. The van der Waals surface area contributed by atoms with Gasteiger partial charge in [-0.2, -0.15) is 0 Å². The van der Waals surface area contributed by atoms with Crippen LogP contribution in [0, 0.1) is 0 Å². The lowest BCUT2D eigenvalue weighted by Crippen LogP contribution is -2.39. The van der Waals surface area contributed by atoms with E-state index in [1.165, 1.54) is 0 Å². The van der Waals surface area contributed by atoms with Gasteiger partial charge in [-0.25, -0.2) is 0 Å². The van der Waals surface area contributed by atoms with Gasteiger partial charge in [-0.1, -0.05) is 43.1 Å². The molecule has 1 N–H and O–H groups in total. The molecule has 31 heavy (non-hydrogen) atoms. The minimum Gasteiger partial charge on any atom is -0.494 e. The second-order valence-electron chi connectivity index (χ2n) is 7.79. The van der Waals surface area contributed by atoms with E-state index in [2.05, 4.69) is 0 Å². The van der Waals surface area contributed by atoms with Gasteiger partial charge in [0, 0.05) is 17.0 Å². The molecule has 0 radical (unpaired) electrons. The fraction of sp³-hybridized carbons (Fsp3) is 0.480. The molecular weight excluding hydrogens is 416 g/mol. The molecule has 1 fully saturated rings. The van der Waals surface area contributed by atoms with Crippen molar-refractivity contribution in [2.75, 3.05) is 13.2 Å². The summed E-state index contributed by atoms with van der Waals surface area (Å²) in [5.41, 5.74) is 2.90. The number of carbonyl (C=O) groups excluding carboxylic acids is 1. The van der Waals surface area contributed by atoms with Crippen molar-refractivity contribution in [2.45, 2.75) is 64.3 Å². The van der Waals surface area contributed by atoms with Crippen molar-refractivity contribution in [2.24, 2.45) is 0 Å². The molecule has 0 bridgehead atoms. The second-order valence-corrected chi connectivity index (χ2v) is 8.20. The van der Waals surface area contributed by atoms with Gasteiger partial charge in [-0.05, 0) is 61.6 Å². The van der Waals surface area contributed by atoms with Gasteiger partial charge in [0.05, 0.1) is 18.8 Å². The number of hydrogen-bond acceptors (Lipinski definition) is 5. The van der Waals surface area contributed by atoms with Crippen LogP contribution in [0.5, 0.6) is 5.75 Å². The SMILES string of the molecule is CCCCC(=O)OC[C@H]1OC(c2ccc(Cl)c(-c3ccc(OCC)cc3)c2)CC[C@H]1O. The highest BCUT2D eigenvalue weighted by molar-refractivity contribution is 6.33. The van der Waals surface area contributed by atoms with Crippen LogP contribution < -0.4 is 4.74 Å². The fourth-order valence-electron chi connectivity index (χ4n) is 3.70. The van der Waals surface area contributed by atoms with E-state index in [0.29, 0.717) is 30.9 Å². The number of aliphatic hydroxyl groups excluding tert-OH is 1. The Morgan fingerprint density at radius 2 is 1.94 bits per heavy atom. The fourth-order valence-corrected chi connectivity index (χ4v) is 3.93. The van der Waals surface area contributed by atoms with Crippen LogP contribution in [-0.4, -0.2) is 36.5 Å². The molecule has 168 valence electrons. The summed E-state index contributed by atoms with van der Waals surface area (Å²) in [5, 5.41) is 11.0. The molecule has 1 heterocycles. The number of aliphatic hydroxyl groups is 1. The molecule has 0 aliphatic carbocycles. The monoisotopic (exact) mass is 446 g/mol. The van der Waals surface area contributed by atoms with Crippen LogP contribution in [0.4, 0.5) is 0 Å². The first-order valence-electron chi connectivity index (χ1n) is 11.0. The number of ether oxygens (including phenoxy) is 3. The Bertz CT molecular complexity index is 851. The van der Waals surface area contributed by atoms with Gasteiger partial charge < -0.3 is 19.3 Å². The van der Waals surface area contributed by atoms with Gasteiger partial charge in [-0.15, -0.1) is 0 Å². The first-order valence-corrected chi connectivity index (χ1v) is 11.4. The van der Waals surface area contributed by atoms with Crippen LogP contribution in [0.15, 0.2) is 42.5 Å². The lowest BCUT2D eigenvalue weighted by molar-refractivity contribution is -0.165. The van der Waals surface area contributed by atoms with E-state index in [9.17, 15) is 9.90 Å². The van der Waals surface area contributed by atoms with E-state index in [1.807, 2.05) is 56.3 Å². The normalized spacial score (nSPS) is 21.0. The van der Waals surface area contributed by atoms with E-state index in [1.54, 1.807) is 0 Å². The largest absolute Gasteiger partial charge is 0.494 e. The predicted octanol–water partition coefficient (Wildman–Crippen LogP) is 5.72. The summed E-state index contributed by atoms with van der Waals surface area (Å²) < 4.78 is 17.0. The van der Waals surface area contributed by atoms with Gasteiger partial charge in [0.25, 0.3) is 0 Å². The van der Waals surface area contributed by atoms with Crippen molar-refractivity contribution < 1.29 is 24.1 Å². The van der Waals surface area contributed by atoms with Gasteiger partial charge in [0.1, 0.15) is 18.5 Å². The Balaban J connectivity index is 1.70. The average molecular weight is 447 g/mol. The highest BCUT2D eigenvalue weighted by Gasteiger charge is 2.32. The summed E-state index contributed by atoms with van der Waals surface area (Å²) in [6.07, 6.45) is 2.03. The summed E-state index contributed by atoms with van der Waals surface area (Å²) >= 11 is 6.48. The van der Waals surface area contributed by atoms with Gasteiger partial charge >= 0.3 is 5.97 Å². The maximum Gasteiger partial charge on any atom is 0.305 e. The lowest BCUT2D eigenvalue weighted by atomic mass is 9.94. The molecule has 2 aromatic carbocycles. The predicted molar refractivity (Wildman–Crippen MR) is 121 cm³/mol. The van der Waals surface area contributed by atoms with Crippen molar-refractivity contribution in [3.05, 3.63) is 53.1 Å². The molecule has 6 heteroatoms. The smallest absolute Gasteiger partial charge is 0.305 e. The van der Waals surface area contributed by atoms with Gasteiger partial charge in [0.2, 0.25) is 0 Å². The van der Waals surface area contributed by atoms with Crippen LogP contribution >= 0.6 is 11.6 Å². The van der Waals surface area contributed by atoms with Crippen LogP contribution in [-0.2, 0) is 14.3 Å². The minimum atomic E-state index is -0.645. The molecule has 1 unspecified atom stereocenters. The quantitative estimate of drug-likeness (QED) is 0.499. The zero-order valence-corrected chi connectivity index (χ0v) is 18.9. The Morgan fingerprint density at radius 3 is 2.65 bits per heavy atom. The number of unbranched alkanes of at least 4 members (excludes halogenated alkanes) is 1. The van der Waals surface area contributed by atoms with Crippen molar-refractivity contribution in [3.8, 4) is 16.9 Å². The molecule has 0 aromatic heterocycles. The number of hydrogen-bond donors (Lipinski definition) is 1. The molecule has 1 saturated heterocycles. The van der Waals surface area contributed by atoms with Crippen LogP contribution in [0.2, 0.25) is 5.02 Å². The van der Waals surface area contributed by atoms with Gasteiger partial charge in [0.15, 0.2) is 0 Å². The van der Waals surface area contributed by atoms with Gasteiger partial charge in [-0.3, -0.25) is 4.79 Å². The molecular formula is C25H31ClO5. The zero-order valence-electron chi connectivity index (χ0n) is 18.2. The van der Waals surface area contributed by atoms with Crippen molar-refractivity contribution >= 4 is 17.6 Å². The lowest BCUT2D eigenvalue weighted by Gasteiger charge is -2.34. The summed E-state index contributed by atoms with van der Waals surface area (Å²) in [4.78, 5) is 11.8. The van der Waals surface area contributed by atoms with Crippen LogP contribution in [0.25, 0.3) is 11.1 Å². The Hall–Kier alpha value is -2.08. The molecule has 1 aliphatic heterocycles. The maximum absolute atomic E-state index is 11.8.